The van der Waals surface area contributed by atoms with Crippen LogP contribution in [0.3, 0.4) is 0 Å². The van der Waals surface area contributed by atoms with E-state index in [-0.39, 0.29) is 28.2 Å². The average molecular weight is 427 g/mol. The molecule has 1 aliphatic rings. The van der Waals surface area contributed by atoms with Gasteiger partial charge in [0.2, 0.25) is 10.0 Å². The van der Waals surface area contributed by atoms with Crippen molar-refractivity contribution in [2.75, 3.05) is 27.8 Å². The minimum absolute atomic E-state index is 0.0266. The first-order chi connectivity index (χ1) is 13.6. The van der Waals surface area contributed by atoms with E-state index in [0.29, 0.717) is 11.8 Å². The number of nitrogens with zero attached hydrogens (tertiary/aromatic N) is 1. The molecular formula is C20H30N2O6S. The molecular weight excluding hydrogens is 396 g/mol. The number of hydrogen-bond donors (Lipinski definition) is 1. The van der Waals surface area contributed by atoms with Gasteiger partial charge in [-0.1, -0.05) is 26.7 Å². The Morgan fingerprint density at radius 3 is 2.52 bits per heavy atom. The highest BCUT2D eigenvalue weighted by atomic mass is 32.2. The van der Waals surface area contributed by atoms with Crippen LogP contribution in [-0.2, 0) is 19.6 Å². The Bertz CT molecular complexity index is 853. The van der Waals surface area contributed by atoms with E-state index >= 15 is 0 Å². The highest BCUT2D eigenvalue weighted by Gasteiger charge is 2.28. The summed E-state index contributed by atoms with van der Waals surface area (Å²) in [6.45, 7) is 3.87. The van der Waals surface area contributed by atoms with Gasteiger partial charge in [0.05, 0.1) is 12.7 Å². The molecule has 1 N–H and O–H groups in total. The van der Waals surface area contributed by atoms with Gasteiger partial charge in [-0.2, -0.15) is 0 Å². The summed E-state index contributed by atoms with van der Waals surface area (Å²) in [6, 6.07) is 4.05. The van der Waals surface area contributed by atoms with Gasteiger partial charge in [0.1, 0.15) is 10.6 Å². The summed E-state index contributed by atoms with van der Waals surface area (Å²) in [6.07, 6.45) is 3.12. The number of sulfonamides is 1. The zero-order valence-corrected chi connectivity index (χ0v) is 18.4. The summed E-state index contributed by atoms with van der Waals surface area (Å²) >= 11 is 0. The fourth-order valence-corrected chi connectivity index (χ4v) is 4.53. The van der Waals surface area contributed by atoms with Gasteiger partial charge >= 0.3 is 5.97 Å². The van der Waals surface area contributed by atoms with Crippen molar-refractivity contribution in [2.45, 2.75) is 44.0 Å². The average Bonchev–Trinajstić information content (AvgIpc) is 2.69. The molecule has 0 bridgehead atoms. The molecule has 0 saturated heterocycles. The molecule has 162 valence electrons. The Kier molecular flexibility index (Phi) is 7.65. The van der Waals surface area contributed by atoms with Crippen LogP contribution in [0.25, 0.3) is 0 Å². The Hall–Kier alpha value is -2.13. The molecule has 1 aromatic carbocycles. The van der Waals surface area contributed by atoms with Crippen LogP contribution in [0.5, 0.6) is 5.75 Å². The molecule has 9 heteroatoms. The molecule has 1 saturated carbocycles. The fraction of sp³-hybridized carbons (Fsp3) is 0.600. The van der Waals surface area contributed by atoms with E-state index in [9.17, 15) is 18.0 Å². The van der Waals surface area contributed by atoms with Crippen LogP contribution >= 0.6 is 0 Å². The Balaban J connectivity index is 2.04. The number of esters is 1. The van der Waals surface area contributed by atoms with E-state index in [0.717, 1.165) is 23.6 Å². The molecule has 8 nitrogen and oxygen atoms in total. The third-order valence-corrected chi connectivity index (χ3v) is 7.38. The first-order valence-corrected chi connectivity index (χ1v) is 11.1. The highest BCUT2D eigenvalue weighted by molar-refractivity contribution is 7.89. The van der Waals surface area contributed by atoms with Crippen LogP contribution in [-0.4, -0.2) is 58.5 Å². The lowest BCUT2D eigenvalue weighted by Crippen LogP contribution is -2.45. The van der Waals surface area contributed by atoms with Crippen LogP contribution in [0.15, 0.2) is 23.1 Å². The van der Waals surface area contributed by atoms with Crippen LogP contribution in [0.2, 0.25) is 0 Å². The molecule has 0 spiro atoms. The van der Waals surface area contributed by atoms with E-state index in [1.54, 1.807) is 0 Å². The maximum atomic E-state index is 12.5. The minimum atomic E-state index is -3.82. The van der Waals surface area contributed by atoms with E-state index < -0.39 is 22.6 Å². The van der Waals surface area contributed by atoms with E-state index in [1.165, 1.54) is 39.4 Å². The normalized spacial score (nSPS) is 22.2. The largest absolute Gasteiger partial charge is 0.495 e. The standard InChI is InChI=1S/C20H30N2O6S/c1-13-7-6-8-16(14(13)2)21-19(23)12-28-20(24)15-9-10-17(27-5)18(11-15)29(25,26)22(3)4/h9-11,13-14,16H,6-8,12H2,1-5H3,(H,21,23)/t13-,14+,16-/m0/s1. The third-order valence-electron chi connectivity index (χ3n) is 5.55. The summed E-state index contributed by atoms with van der Waals surface area (Å²) in [5, 5.41) is 2.94. The molecule has 0 unspecified atom stereocenters. The van der Waals surface area contributed by atoms with Crippen molar-refractivity contribution in [3.63, 3.8) is 0 Å². The SMILES string of the molecule is COc1ccc(C(=O)OCC(=O)N[C@H]2CCC[C@H](C)[C@H]2C)cc1S(=O)(=O)N(C)C. The second-order valence-corrected chi connectivity index (χ2v) is 9.79. The number of ether oxygens (including phenoxy) is 2. The molecule has 1 aromatic rings. The first-order valence-electron chi connectivity index (χ1n) is 9.65. The van der Waals surface area contributed by atoms with Crippen molar-refractivity contribution in [2.24, 2.45) is 11.8 Å². The van der Waals surface area contributed by atoms with Gasteiger partial charge in [0.15, 0.2) is 6.61 Å². The van der Waals surface area contributed by atoms with Gasteiger partial charge in [0.25, 0.3) is 5.91 Å². The number of hydrogen-bond acceptors (Lipinski definition) is 6. The quantitative estimate of drug-likeness (QED) is 0.670. The van der Waals surface area contributed by atoms with Crippen LogP contribution < -0.4 is 10.1 Å². The van der Waals surface area contributed by atoms with Crippen molar-refractivity contribution >= 4 is 21.9 Å². The molecule has 0 radical (unpaired) electrons. The molecule has 2 rings (SSSR count). The maximum Gasteiger partial charge on any atom is 0.338 e. The van der Waals surface area contributed by atoms with Crippen LogP contribution in [0, 0.1) is 11.8 Å². The van der Waals surface area contributed by atoms with E-state index in [2.05, 4.69) is 19.2 Å². The zero-order chi connectivity index (χ0) is 21.8. The lowest BCUT2D eigenvalue weighted by atomic mass is 9.78. The number of carbonyl (C=O) groups is 2. The minimum Gasteiger partial charge on any atom is -0.495 e. The van der Waals surface area contributed by atoms with Gasteiger partial charge < -0.3 is 14.8 Å². The molecule has 1 amide bonds. The molecule has 0 aliphatic heterocycles. The molecule has 0 heterocycles. The van der Waals surface area contributed by atoms with Gasteiger partial charge in [0, 0.05) is 20.1 Å². The van der Waals surface area contributed by atoms with Crippen molar-refractivity contribution in [1.82, 2.24) is 9.62 Å². The highest BCUT2D eigenvalue weighted by Crippen LogP contribution is 2.29. The van der Waals surface area contributed by atoms with Crippen molar-refractivity contribution in [3.8, 4) is 5.75 Å². The number of rotatable bonds is 7. The Morgan fingerprint density at radius 2 is 1.90 bits per heavy atom. The van der Waals surface area contributed by atoms with E-state index in [4.69, 9.17) is 9.47 Å². The summed E-state index contributed by atoms with van der Waals surface area (Å²) in [7, 11) is 0.303. The van der Waals surface area contributed by atoms with Crippen LogP contribution in [0.4, 0.5) is 0 Å². The van der Waals surface area contributed by atoms with Crippen molar-refractivity contribution in [3.05, 3.63) is 23.8 Å². The maximum absolute atomic E-state index is 12.5. The summed E-state index contributed by atoms with van der Waals surface area (Å²) in [5.74, 6) is -0.118. The first kappa shape index (κ1) is 23.2. The Labute approximate surface area is 172 Å². The van der Waals surface area contributed by atoms with Crippen LogP contribution in [0.1, 0.15) is 43.5 Å². The van der Waals surface area contributed by atoms with Gasteiger partial charge in [-0.15, -0.1) is 0 Å². The molecule has 1 fully saturated rings. The topological polar surface area (TPSA) is 102 Å². The summed E-state index contributed by atoms with van der Waals surface area (Å²) in [4.78, 5) is 24.4. The predicted molar refractivity (Wildman–Crippen MR) is 108 cm³/mol. The number of carbonyl (C=O) groups excluding carboxylic acids is 2. The lowest BCUT2D eigenvalue weighted by molar-refractivity contribution is -0.125. The summed E-state index contributed by atoms with van der Waals surface area (Å²) < 4.78 is 36.1. The fourth-order valence-electron chi connectivity index (χ4n) is 3.45. The monoisotopic (exact) mass is 426 g/mol. The van der Waals surface area contributed by atoms with Crippen molar-refractivity contribution in [1.29, 1.82) is 0 Å². The second kappa shape index (κ2) is 9.58. The zero-order valence-electron chi connectivity index (χ0n) is 17.6. The third kappa shape index (κ3) is 5.48. The number of nitrogens with one attached hydrogen (secondary N) is 1. The molecule has 29 heavy (non-hydrogen) atoms. The molecule has 0 aromatic heterocycles. The number of amides is 1. The van der Waals surface area contributed by atoms with Crippen molar-refractivity contribution < 1.29 is 27.5 Å². The van der Waals surface area contributed by atoms with Gasteiger partial charge in [-0.25, -0.2) is 17.5 Å². The van der Waals surface area contributed by atoms with E-state index in [1.807, 2.05) is 0 Å². The lowest BCUT2D eigenvalue weighted by Gasteiger charge is -2.34. The molecule has 3 atom stereocenters. The number of benzene rings is 1. The van der Waals surface area contributed by atoms with Gasteiger partial charge in [-0.3, -0.25) is 4.79 Å². The number of methoxy groups -OCH3 is 1. The molecule has 1 aliphatic carbocycles. The predicted octanol–water partition coefficient (Wildman–Crippen LogP) is 2.04. The summed E-state index contributed by atoms with van der Waals surface area (Å²) in [5.41, 5.74) is 0.0266. The Morgan fingerprint density at radius 1 is 1.21 bits per heavy atom. The second-order valence-electron chi connectivity index (χ2n) is 7.67. The smallest absolute Gasteiger partial charge is 0.338 e. The van der Waals surface area contributed by atoms with Gasteiger partial charge in [-0.05, 0) is 36.5 Å².